The molecule has 0 fully saturated rings. The van der Waals surface area contributed by atoms with Crippen LogP contribution < -0.4 is 5.32 Å². The van der Waals surface area contributed by atoms with Gasteiger partial charge in [0, 0.05) is 27.2 Å². The van der Waals surface area contributed by atoms with E-state index in [1.54, 1.807) is 14.2 Å². The fourth-order valence-electron chi connectivity index (χ4n) is 0.576. The van der Waals surface area contributed by atoms with Crippen molar-refractivity contribution in [2.75, 3.05) is 34.0 Å². The molecule has 0 rings (SSSR count). The Morgan fingerprint density at radius 2 is 1.91 bits per heavy atom. The van der Waals surface area contributed by atoms with Crippen LogP contribution in [0.25, 0.3) is 0 Å². The molecule has 1 amide bonds. The third-order valence-electron chi connectivity index (χ3n) is 1.16. The van der Waals surface area contributed by atoms with Gasteiger partial charge < -0.3 is 14.8 Å². The van der Waals surface area contributed by atoms with E-state index in [-0.39, 0.29) is 5.91 Å². The monoisotopic (exact) mass is 161 g/mol. The van der Waals surface area contributed by atoms with Gasteiger partial charge in [-0.25, -0.2) is 0 Å². The fourth-order valence-corrected chi connectivity index (χ4v) is 0.576. The maximum Gasteiger partial charge on any atom is 0.222 e. The van der Waals surface area contributed by atoms with Crippen molar-refractivity contribution < 1.29 is 14.3 Å². The summed E-state index contributed by atoms with van der Waals surface area (Å²) in [6, 6.07) is 0. The van der Waals surface area contributed by atoms with E-state index in [4.69, 9.17) is 9.47 Å². The second-order valence-corrected chi connectivity index (χ2v) is 2.09. The van der Waals surface area contributed by atoms with Gasteiger partial charge in [-0.05, 0) is 0 Å². The van der Waals surface area contributed by atoms with E-state index in [2.05, 4.69) is 5.32 Å². The Hall–Kier alpha value is -0.610. The first-order chi connectivity index (χ1) is 5.31. The molecule has 66 valence electrons. The molecule has 0 saturated heterocycles. The molecule has 0 spiro atoms. The van der Waals surface area contributed by atoms with Crippen molar-refractivity contribution in [1.82, 2.24) is 5.32 Å². The van der Waals surface area contributed by atoms with Crippen molar-refractivity contribution in [2.45, 2.75) is 6.42 Å². The zero-order chi connectivity index (χ0) is 8.53. The second kappa shape index (κ2) is 7.50. The van der Waals surface area contributed by atoms with E-state index in [1.807, 2.05) is 0 Å². The van der Waals surface area contributed by atoms with Crippen molar-refractivity contribution in [3.8, 4) is 0 Å². The van der Waals surface area contributed by atoms with Gasteiger partial charge in [0.2, 0.25) is 5.91 Å². The number of amides is 1. The zero-order valence-electron chi connectivity index (χ0n) is 7.05. The highest BCUT2D eigenvalue weighted by Gasteiger charge is 1.97. The van der Waals surface area contributed by atoms with Crippen molar-refractivity contribution >= 4 is 5.91 Å². The summed E-state index contributed by atoms with van der Waals surface area (Å²) < 4.78 is 9.48. The number of methoxy groups -OCH3 is 2. The molecule has 0 aliphatic rings. The Morgan fingerprint density at radius 3 is 2.45 bits per heavy atom. The molecule has 0 aromatic heterocycles. The number of hydrogen-bond donors (Lipinski definition) is 1. The van der Waals surface area contributed by atoms with E-state index in [1.165, 1.54) is 0 Å². The summed E-state index contributed by atoms with van der Waals surface area (Å²) in [6.07, 6.45) is 0.417. The lowest BCUT2D eigenvalue weighted by Crippen LogP contribution is -2.27. The largest absolute Gasteiger partial charge is 0.384 e. The van der Waals surface area contributed by atoms with Crippen molar-refractivity contribution in [3.05, 3.63) is 0 Å². The third-order valence-corrected chi connectivity index (χ3v) is 1.16. The molecule has 0 aliphatic heterocycles. The standard InChI is InChI=1S/C7H15NO3/c1-10-5-3-7(9)8-4-6-11-2/h3-6H2,1-2H3,(H,8,9). The van der Waals surface area contributed by atoms with Crippen LogP contribution in [0, 0.1) is 0 Å². The summed E-state index contributed by atoms with van der Waals surface area (Å²) in [4.78, 5) is 10.8. The minimum atomic E-state index is 0.00361. The van der Waals surface area contributed by atoms with Crippen LogP contribution in [0.15, 0.2) is 0 Å². The molecule has 0 aliphatic carbocycles. The van der Waals surface area contributed by atoms with E-state index in [9.17, 15) is 4.79 Å². The summed E-state index contributed by atoms with van der Waals surface area (Å²) in [7, 11) is 3.17. The molecule has 0 aromatic carbocycles. The lowest BCUT2D eigenvalue weighted by atomic mass is 10.4. The van der Waals surface area contributed by atoms with Crippen LogP contribution in [-0.2, 0) is 14.3 Å². The molecular weight excluding hydrogens is 146 g/mol. The first kappa shape index (κ1) is 10.4. The number of nitrogens with one attached hydrogen (secondary N) is 1. The molecule has 4 nitrogen and oxygen atoms in total. The number of rotatable bonds is 6. The average molecular weight is 161 g/mol. The number of carbonyl (C=O) groups excluding carboxylic acids is 1. The summed E-state index contributed by atoms with van der Waals surface area (Å²) in [5.41, 5.74) is 0. The molecule has 0 bridgehead atoms. The van der Waals surface area contributed by atoms with Gasteiger partial charge in [0.15, 0.2) is 0 Å². The van der Waals surface area contributed by atoms with Gasteiger partial charge in [0.05, 0.1) is 13.2 Å². The normalized spacial score (nSPS) is 9.64. The predicted molar refractivity (Wildman–Crippen MR) is 41.4 cm³/mol. The third kappa shape index (κ3) is 7.29. The lowest BCUT2D eigenvalue weighted by molar-refractivity contribution is -0.122. The Kier molecular flexibility index (Phi) is 7.08. The van der Waals surface area contributed by atoms with Gasteiger partial charge in [-0.2, -0.15) is 0 Å². The Bertz CT molecular complexity index is 106. The molecule has 0 atom stereocenters. The molecule has 1 N–H and O–H groups in total. The van der Waals surface area contributed by atoms with Crippen LogP contribution in [-0.4, -0.2) is 39.9 Å². The molecule has 4 heteroatoms. The molecule has 0 saturated carbocycles. The first-order valence-electron chi connectivity index (χ1n) is 3.56. The summed E-state index contributed by atoms with van der Waals surface area (Å²) in [6.45, 7) is 1.59. The average Bonchev–Trinajstić information content (AvgIpc) is 2.01. The lowest BCUT2D eigenvalue weighted by Gasteiger charge is -2.02. The Morgan fingerprint density at radius 1 is 1.27 bits per heavy atom. The van der Waals surface area contributed by atoms with Crippen molar-refractivity contribution in [3.63, 3.8) is 0 Å². The summed E-state index contributed by atoms with van der Waals surface area (Å²) in [5.74, 6) is 0.00361. The highest BCUT2D eigenvalue weighted by Crippen LogP contribution is 1.79. The molecule has 0 radical (unpaired) electrons. The van der Waals surface area contributed by atoms with Gasteiger partial charge in [0.25, 0.3) is 0 Å². The van der Waals surface area contributed by atoms with Gasteiger partial charge in [-0.1, -0.05) is 0 Å². The van der Waals surface area contributed by atoms with Crippen molar-refractivity contribution in [1.29, 1.82) is 0 Å². The maximum absolute atomic E-state index is 10.8. The topological polar surface area (TPSA) is 47.6 Å². The van der Waals surface area contributed by atoms with E-state index >= 15 is 0 Å². The van der Waals surface area contributed by atoms with Gasteiger partial charge in [-0.3, -0.25) is 4.79 Å². The minimum absolute atomic E-state index is 0.00361. The SMILES string of the molecule is COCCNC(=O)CCOC. The molecular formula is C7H15NO3. The smallest absolute Gasteiger partial charge is 0.222 e. The quantitative estimate of drug-likeness (QED) is 0.548. The number of ether oxygens (including phenoxy) is 2. The summed E-state index contributed by atoms with van der Waals surface area (Å²) in [5, 5.41) is 2.67. The zero-order valence-corrected chi connectivity index (χ0v) is 7.05. The van der Waals surface area contributed by atoms with Crippen LogP contribution in [0.2, 0.25) is 0 Å². The molecule has 0 aromatic rings. The Labute approximate surface area is 66.9 Å². The van der Waals surface area contributed by atoms with Gasteiger partial charge >= 0.3 is 0 Å². The van der Waals surface area contributed by atoms with Crippen LogP contribution in [0.1, 0.15) is 6.42 Å². The van der Waals surface area contributed by atoms with Crippen LogP contribution in [0.4, 0.5) is 0 Å². The van der Waals surface area contributed by atoms with Crippen LogP contribution >= 0.6 is 0 Å². The predicted octanol–water partition coefficient (Wildman–Crippen LogP) is -0.215. The first-order valence-corrected chi connectivity index (χ1v) is 3.56. The molecule has 0 heterocycles. The highest BCUT2D eigenvalue weighted by atomic mass is 16.5. The molecule has 11 heavy (non-hydrogen) atoms. The number of hydrogen-bond acceptors (Lipinski definition) is 3. The number of carbonyl (C=O) groups is 1. The fraction of sp³-hybridized carbons (Fsp3) is 0.857. The van der Waals surface area contributed by atoms with Gasteiger partial charge in [0.1, 0.15) is 0 Å². The van der Waals surface area contributed by atoms with E-state index in [0.717, 1.165) is 0 Å². The maximum atomic E-state index is 10.8. The highest BCUT2D eigenvalue weighted by molar-refractivity contribution is 5.75. The van der Waals surface area contributed by atoms with Gasteiger partial charge in [-0.15, -0.1) is 0 Å². The second-order valence-electron chi connectivity index (χ2n) is 2.09. The summed E-state index contributed by atoms with van der Waals surface area (Å²) >= 11 is 0. The van der Waals surface area contributed by atoms with Crippen LogP contribution in [0.5, 0.6) is 0 Å². The van der Waals surface area contributed by atoms with Crippen LogP contribution in [0.3, 0.4) is 0 Å². The Balaban J connectivity index is 3.09. The molecule has 0 unspecified atom stereocenters. The van der Waals surface area contributed by atoms with E-state index < -0.39 is 0 Å². The van der Waals surface area contributed by atoms with Crippen molar-refractivity contribution in [2.24, 2.45) is 0 Å². The van der Waals surface area contributed by atoms with E-state index in [0.29, 0.717) is 26.2 Å². The minimum Gasteiger partial charge on any atom is -0.384 e.